The summed E-state index contributed by atoms with van der Waals surface area (Å²) in [5.74, 6) is -0.688. The summed E-state index contributed by atoms with van der Waals surface area (Å²) in [4.78, 5) is 12.9. The fraction of sp³-hybridized carbons (Fsp3) is 0.909. The van der Waals surface area contributed by atoms with Gasteiger partial charge in [-0.25, -0.2) is 0 Å². The lowest BCUT2D eigenvalue weighted by molar-refractivity contribution is -0.138. The molecule has 0 aliphatic rings. The minimum absolute atomic E-state index is 0.212. The van der Waals surface area contributed by atoms with E-state index in [1.165, 1.54) is 6.42 Å². The third kappa shape index (κ3) is 5.22. The Morgan fingerprint density at radius 1 is 1.36 bits per heavy atom. The van der Waals surface area contributed by atoms with E-state index in [-0.39, 0.29) is 12.5 Å². The van der Waals surface area contributed by atoms with Crippen molar-refractivity contribution in [2.45, 2.75) is 52.5 Å². The van der Waals surface area contributed by atoms with Gasteiger partial charge in [0.1, 0.15) is 0 Å². The maximum absolute atomic E-state index is 10.6. The Morgan fingerprint density at radius 3 is 2.36 bits per heavy atom. The highest BCUT2D eigenvalue weighted by Crippen LogP contribution is 2.09. The Bertz CT molecular complexity index is 159. The number of carboxylic acid groups (broad SMARTS) is 1. The molecule has 0 aliphatic carbocycles. The molecule has 0 saturated heterocycles. The van der Waals surface area contributed by atoms with Crippen LogP contribution in [-0.4, -0.2) is 35.1 Å². The zero-order valence-corrected chi connectivity index (χ0v) is 9.62. The molecule has 0 spiro atoms. The summed E-state index contributed by atoms with van der Waals surface area (Å²) in [5.41, 5.74) is 0. The van der Waals surface area contributed by atoms with E-state index < -0.39 is 5.97 Å². The quantitative estimate of drug-likeness (QED) is 0.655. The lowest BCUT2D eigenvalue weighted by Gasteiger charge is -2.28. The SMILES string of the molecule is CCCCN(CC)C(CC)CC(=O)O. The Hall–Kier alpha value is -0.570. The molecule has 14 heavy (non-hydrogen) atoms. The molecule has 0 aliphatic heterocycles. The molecule has 84 valence electrons. The minimum Gasteiger partial charge on any atom is -0.481 e. The highest BCUT2D eigenvalue weighted by atomic mass is 16.4. The number of aliphatic carboxylic acids is 1. The first-order chi connectivity index (χ1) is 6.65. The van der Waals surface area contributed by atoms with Crippen LogP contribution in [0.25, 0.3) is 0 Å². The first-order valence-electron chi connectivity index (χ1n) is 5.61. The molecule has 0 aromatic carbocycles. The van der Waals surface area contributed by atoms with Crippen LogP contribution in [0.15, 0.2) is 0 Å². The Labute approximate surface area is 87.1 Å². The molecule has 0 aromatic heterocycles. The van der Waals surface area contributed by atoms with Gasteiger partial charge >= 0.3 is 5.97 Å². The summed E-state index contributed by atoms with van der Waals surface area (Å²) in [6.45, 7) is 8.29. The molecular weight excluding hydrogens is 178 g/mol. The molecule has 0 amide bonds. The molecule has 1 atom stereocenters. The predicted octanol–water partition coefficient (Wildman–Crippen LogP) is 2.36. The summed E-state index contributed by atoms with van der Waals surface area (Å²) >= 11 is 0. The molecule has 0 heterocycles. The van der Waals surface area contributed by atoms with Crippen LogP contribution >= 0.6 is 0 Å². The number of carboxylic acids is 1. The predicted molar refractivity (Wildman–Crippen MR) is 58.5 cm³/mol. The van der Waals surface area contributed by atoms with Crippen molar-refractivity contribution in [2.75, 3.05) is 13.1 Å². The van der Waals surface area contributed by atoms with Gasteiger partial charge in [-0.1, -0.05) is 27.2 Å². The largest absolute Gasteiger partial charge is 0.481 e. The molecule has 1 N–H and O–H groups in total. The van der Waals surface area contributed by atoms with Gasteiger partial charge in [0.05, 0.1) is 6.42 Å². The van der Waals surface area contributed by atoms with Crippen molar-refractivity contribution in [2.24, 2.45) is 0 Å². The van der Waals surface area contributed by atoms with Crippen molar-refractivity contribution in [1.29, 1.82) is 0 Å². The molecule has 0 bridgehead atoms. The van der Waals surface area contributed by atoms with E-state index in [1.54, 1.807) is 0 Å². The van der Waals surface area contributed by atoms with Gasteiger partial charge in [-0.05, 0) is 25.9 Å². The van der Waals surface area contributed by atoms with Crippen molar-refractivity contribution in [3.63, 3.8) is 0 Å². The second-order valence-corrected chi connectivity index (χ2v) is 3.64. The van der Waals surface area contributed by atoms with E-state index in [0.29, 0.717) is 0 Å². The summed E-state index contributed by atoms with van der Waals surface area (Å²) in [7, 11) is 0. The van der Waals surface area contributed by atoms with Gasteiger partial charge in [0.25, 0.3) is 0 Å². The lowest BCUT2D eigenvalue weighted by Crippen LogP contribution is -2.37. The Kier molecular flexibility index (Phi) is 7.48. The van der Waals surface area contributed by atoms with Crippen LogP contribution in [0.4, 0.5) is 0 Å². The second kappa shape index (κ2) is 7.80. The molecule has 3 nitrogen and oxygen atoms in total. The van der Waals surface area contributed by atoms with Crippen molar-refractivity contribution in [3.8, 4) is 0 Å². The smallest absolute Gasteiger partial charge is 0.304 e. The molecule has 1 unspecified atom stereocenters. The van der Waals surface area contributed by atoms with E-state index in [1.807, 2.05) is 0 Å². The average molecular weight is 201 g/mol. The number of hydrogen-bond donors (Lipinski definition) is 1. The monoisotopic (exact) mass is 201 g/mol. The van der Waals surface area contributed by atoms with Crippen LogP contribution in [0.2, 0.25) is 0 Å². The summed E-state index contributed by atoms with van der Waals surface area (Å²) in [6.07, 6.45) is 3.52. The van der Waals surface area contributed by atoms with Crippen LogP contribution in [0.3, 0.4) is 0 Å². The van der Waals surface area contributed by atoms with Gasteiger partial charge in [0.15, 0.2) is 0 Å². The third-order valence-electron chi connectivity index (χ3n) is 2.60. The van der Waals surface area contributed by atoms with Crippen molar-refractivity contribution in [1.82, 2.24) is 4.90 Å². The normalized spacial score (nSPS) is 13.1. The molecule has 0 saturated carbocycles. The zero-order chi connectivity index (χ0) is 11.0. The first kappa shape index (κ1) is 13.4. The van der Waals surface area contributed by atoms with Gasteiger partial charge in [0.2, 0.25) is 0 Å². The molecule has 0 fully saturated rings. The molecule has 0 aromatic rings. The van der Waals surface area contributed by atoms with E-state index in [9.17, 15) is 4.79 Å². The maximum atomic E-state index is 10.6. The van der Waals surface area contributed by atoms with Gasteiger partial charge in [-0.3, -0.25) is 4.79 Å². The first-order valence-corrected chi connectivity index (χ1v) is 5.61. The molecule has 0 rings (SSSR count). The second-order valence-electron chi connectivity index (χ2n) is 3.64. The minimum atomic E-state index is -0.688. The zero-order valence-electron chi connectivity index (χ0n) is 9.62. The maximum Gasteiger partial charge on any atom is 0.304 e. The van der Waals surface area contributed by atoms with Gasteiger partial charge in [-0.15, -0.1) is 0 Å². The fourth-order valence-corrected chi connectivity index (χ4v) is 1.69. The van der Waals surface area contributed by atoms with Gasteiger partial charge in [0, 0.05) is 6.04 Å². The van der Waals surface area contributed by atoms with Gasteiger partial charge in [-0.2, -0.15) is 0 Å². The van der Waals surface area contributed by atoms with Gasteiger partial charge < -0.3 is 10.0 Å². The third-order valence-corrected chi connectivity index (χ3v) is 2.60. The highest BCUT2D eigenvalue weighted by molar-refractivity contribution is 5.67. The van der Waals surface area contributed by atoms with E-state index in [0.717, 1.165) is 25.9 Å². The van der Waals surface area contributed by atoms with E-state index in [4.69, 9.17) is 5.11 Å². The molecule has 3 heteroatoms. The van der Waals surface area contributed by atoms with Crippen LogP contribution in [0, 0.1) is 0 Å². The number of carbonyl (C=O) groups is 1. The summed E-state index contributed by atoms with van der Waals surface area (Å²) < 4.78 is 0. The standard InChI is InChI=1S/C11H23NO2/c1-4-7-8-12(6-3)10(5-2)9-11(13)14/h10H,4-9H2,1-3H3,(H,13,14). The number of hydrogen-bond acceptors (Lipinski definition) is 2. The van der Waals surface area contributed by atoms with E-state index >= 15 is 0 Å². The fourth-order valence-electron chi connectivity index (χ4n) is 1.69. The van der Waals surface area contributed by atoms with Crippen molar-refractivity contribution < 1.29 is 9.90 Å². The summed E-state index contributed by atoms with van der Waals surface area (Å²) in [6, 6.07) is 0.212. The van der Waals surface area contributed by atoms with Crippen LogP contribution in [-0.2, 0) is 4.79 Å². The molecule has 0 radical (unpaired) electrons. The number of rotatable bonds is 8. The van der Waals surface area contributed by atoms with Crippen LogP contribution < -0.4 is 0 Å². The Morgan fingerprint density at radius 2 is 2.00 bits per heavy atom. The average Bonchev–Trinajstić information content (AvgIpc) is 2.16. The van der Waals surface area contributed by atoms with Crippen LogP contribution in [0.1, 0.15) is 46.5 Å². The van der Waals surface area contributed by atoms with Crippen molar-refractivity contribution in [3.05, 3.63) is 0 Å². The Balaban J connectivity index is 4.06. The lowest BCUT2D eigenvalue weighted by atomic mass is 10.1. The molecular formula is C11H23NO2. The van der Waals surface area contributed by atoms with Crippen molar-refractivity contribution >= 4 is 5.97 Å². The van der Waals surface area contributed by atoms with Crippen LogP contribution in [0.5, 0.6) is 0 Å². The number of nitrogens with zero attached hydrogens (tertiary/aromatic N) is 1. The van der Waals surface area contributed by atoms with E-state index in [2.05, 4.69) is 25.7 Å². The summed E-state index contributed by atoms with van der Waals surface area (Å²) in [5, 5.41) is 8.76. The highest BCUT2D eigenvalue weighted by Gasteiger charge is 2.17. The number of unbranched alkanes of at least 4 members (excludes halogenated alkanes) is 1. The topological polar surface area (TPSA) is 40.5 Å².